The minimum Gasteiger partial charge on any atom is -0.467 e. The number of Topliss-reactive ketones (excluding diaryl/α,β-unsaturated/α-hetero) is 1. The SMILES string of the molecule is COC(=O)[C@@H](CC(C)C)NC(=O)N1CCC[C@H](NC(=O)[C@H](CC(C)C)NC(=O)c2cc3ccccc3o2)C(=O)C1. The van der Waals surface area contributed by atoms with Gasteiger partial charge < -0.3 is 30.0 Å². The Balaban J connectivity index is 1.63. The maximum absolute atomic E-state index is 13.3. The lowest BCUT2D eigenvalue weighted by Gasteiger charge is -2.25. The molecule has 0 saturated carbocycles. The van der Waals surface area contributed by atoms with Gasteiger partial charge in [-0.1, -0.05) is 45.9 Å². The molecule has 0 bridgehead atoms. The second-order valence-corrected chi connectivity index (χ2v) is 11.1. The summed E-state index contributed by atoms with van der Waals surface area (Å²) in [6.07, 6.45) is 1.57. The summed E-state index contributed by atoms with van der Waals surface area (Å²) >= 11 is 0. The summed E-state index contributed by atoms with van der Waals surface area (Å²) in [4.78, 5) is 65.6. The minimum atomic E-state index is -0.881. The van der Waals surface area contributed by atoms with E-state index in [4.69, 9.17) is 9.15 Å². The molecule has 0 radical (unpaired) electrons. The van der Waals surface area contributed by atoms with E-state index >= 15 is 0 Å². The summed E-state index contributed by atoms with van der Waals surface area (Å²) in [5.41, 5.74) is 0.567. The van der Waals surface area contributed by atoms with Crippen LogP contribution in [-0.2, 0) is 19.1 Å². The number of urea groups is 1. The molecule has 1 aliphatic rings. The highest BCUT2D eigenvalue weighted by molar-refractivity contribution is 6.00. The van der Waals surface area contributed by atoms with Crippen molar-refractivity contribution in [2.24, 2.45) is 11.8 Å². The highest BCUT2D eigenvalue weighted by Gasteiger charge is 2.33. The third-order valence-corrected chi connectivity index (χ3v) is 6.73. The molecule has 11 heteroatoms. The first-order valence-corrected chi connectivity index (χ1v) is 13.7. The summed E-state index contributed by atoms with van der Waals surface area (Å²) in [6, 6.07) is 5.80. The molecule has 4 amide bonds. The van der Waals surface area contributed by atoms with Crippen molar-refractivity contribution in [1.82, 2.24) is 20.9 Å². The van der Waals surface area contributed by atoms with Crippen molar-refractivity contribution in [3.05, 3.63) is 36.1 Å². The molecule has 218 valence electrons. The number of likely N-dealkylation sites (tertiary alicyclic amines) is 1. The molecule has 0 spiro atoms. The Kier molecular flexibility index (Phi) is 10.7. The van der Waals surface area contributed by atoms with Gasteiger partial charge in [0.2, 0.25) is 5.91 Å². The van der Waals surface area contributed by atoms with Gasteiger partial charge in [0.15, 0.2) is 11.5 Å². The van der Waals surface area contributed by atoms with Gasteiger partial charge in [0.1, 0.15) is 17.7 Å². The second kappa shape index (κ2) is 14.0. The molecule has 2 heterocycles. The number of nitrogens with zero attached hydrogens (tertiary/aromatic N) is 1. The van der Waals surface area contributed by atoms with Crippen molar-refractivity contribution in [3.63, 3.8) is 0 Å². The molecule has 0 aliphatic carbocycles. The average molecular weight is 557 g/mol. The summed E-state index contributed by atoms with van der Waals surface area (Å²) in [6.45, 7) is 7.79. The highest BCUT2D eigenvalue weighted by Crippen LogP contribution is 2.19. The molecular formula is C29H40N4O7. The van der Waals surface area contributed by atoms with Crippen LogP contribution in [0.3, 0.4) is 0 Å². The van der Waals surface area contributed by atoms with Crippen LogP contribution in [0.4, 0.5) is 4.79 Å². The zero-order valence-electron chi connectivity index (χ0n) is 23.8. The Hall–Kier alpha value is -3.89. The quantitative estimate of drug-likeness (QED) is 0.381. The zero-order valence-corrected chi connectivity index (χ0v) is 23.8. The minimum absolute atomic E-state index is 0.0874. The Morgan fingerprint density at radius 1 is 1.02 bits per heavy atom. The fourth-order valence-electron chi connectivity index (χ4n) is 4.72. The Bertz CT molecular complexity index is 1190. The number of hydrogen-bond donors (Lipinski definition) is 3. The summed E-state index contributed by atoms with van der Waals surface area (Å²) in [7, 11) is 1.26. The third-order valence-electron chi connectivity index (χ3n) is 6.73. The average Bonchev–Trinajstić information content (AvgIpc) is 3.26. The maximum Gasteiger partial charge on any atom is 0.328 e. The normalized spacial score (nSPS) is 17.3. The largest absolute Gasteiger partial charge is 0.467 e. The summed E-state index contributed by atoms with van der Waals surface area (Å²) < 4.78 is 10.4. The Morgan fingerprint density at radius 3 is 2.35 bits per heavy atom. The second-order valence-electron chi connectivity index (χ2n) is 11.1. The molecule has 40 heavy (non-hydrogen) atoms. The lowest BCUT2D eigenvalue weighted by atomic mass is 10.0. The number of ether oxygens (including phenoxy) is 1. The van der Waals surface area contributed by atoms with Gasteiger partial charge in [-0.25, -0.2) is 9.59 Å². The monoisotopic (exact) mass is 556 g/mol. The number of para-hydroxylation sites is 1. The molecular weight excluding hydrogens is 516 g/mol. The van der Waals surface area contributed by atoms with Gasteiger partial charge in [-0.15, -0.1) is 0 Å². The van der Waals surface area contributed by atoms with Gasteiger partial charge in [0.25, 0.3) is 5.91 Å². The fourth-order valence-corrected chi connectivity index (χ4v) is 4.72. The van der Waals surface area contributed by atoms with Crippen molar-refractivity contribution in [2.75, 3.05) is 20.2 Å². The lowest BCUT2D eigenvalue weighted by Crippen LogP contribution is -2.53. The van der Waals surface area contributed by atoms with E-state index < -0.39 is 41.9 Å². The van der Waals surface area contributed by atoms with E-state index in [-0.39, 0.29) is 36.5 Å². The van der Waals surface area contributed by atoms with Crippen LogP contribution in [0.2, 0.25) is 0 Å². The van der Waals surface area contributed by atoms with Crippen LogP contribution >= 0.6 is 0 Å². The number of ketones is 1. The molecule has 1 aliphatic heterocycles. The number of hydrogen-bond acceptors (Lipinski definition) is 7. The molecule has 2 aromatic rings. The number of fused-ring (bicyclic) bond motifs is 1. The Morgan fingerprint density at radius 2 is 1.70 bits per heavy atom. The first-order chi connectivity index (χ1) is 19.0. The van der Waals surface area contributed by atoms with E-state index in [2.05, 4.69) is 16.0 Å². The smallest absolute Gasteiger partial charge is 0.328 e. The first-order valence-electron chi connectivity index (χ1n) is 13.7. The summed E-state index contributed by atoms with van der Waals surface area (Å²) in [5, 5.41) is 8.99. The predicted molar refractivity (Wildman–Crippen MR) is 148 cm³/mol. The van der Waals surface area contributed by atoms with Gasteiger partial charge in [0, 0.05) is 11.9 Å². The number of esters is 1. The predicted octanol–water partition coefficient (Wildman–Crippen LogP) is 3.02. The van der Waals surface area contributed by atoms with E-state index in [0.29, 0.717) is 31.3 Å². The molecule has 11 nitrogen and oxygen atoms in total. The number of carbonyl (C=O) groups excluding carboxylic acids is 5. The van der Waals surface area contributed by atoms with Gasteiger partial charge in [-0.3, -0.25) is 14.4 Å². The Labute approximate surface area is 234 Å². The van der Waals surface area contributed by atoms with Crippen LogP contribution in [0.25, 0.3) is 11.0 Å². The van der Waals surface area contributed by atoms with Gasteiger partial charge in [-0.05, 0) is 49.7 Å². The standard InChI is InChI=1S/C29H40N4O7/c1-17(2)13-21(31-27(36)25-15-19-9-6-7-11-24(19)40-25)26(35)30-20-10-8-12-33(16-23(20)34)29(38)32-22(14-18(3)4)28(37)39-5/h6-7,9,11,15,17-18,20-22H,8,10,12-14,16H2,1-5H3,(H,30,35)(H,31,36)(H,32,38)/t20-,21-,22+/m0/s1. The molecule has 1 fully saturated rings. The van der Waals surface area contributed by atoms with E-state index in [1.54, 1.807) is 18.2 Å². The molecule has 1 aromatic heterocycles. The number of methoxy groups -OCH3 is 1. The van der Waals surface area contributed by atoms with E-state index in [1.165, 1.54) is 12.0 Å². The van der Waals surface area contributed by atoms with Crippen LogP contribution < -0.4 is 16.0 Å². The third kappa shape index (κ3) is 8.30. The van der Waals surface area contributed by atoms with Crippen molar-refractivity contribution in [2.45, 2.75) is 71.5 Å². The van der Waals surface area contributed by atoms with Gasteiger partial charge in [-0.2, -0.15) is 0 Å². The van der Waals surface area contributed by atoms with Crippen LogP contribution in [0.5, 0.6) is 0 Å². The van der Waals surface area contributed by atoms with Crippen molar-refractivity contribution < 1.29 is 33.1 Å². The van der Waals surface area contributed by atoms with Gasteiger partial charge in [0.05, 0.1) is 19.7 Å². The highest BCUT2D eigenvalue weighted by atomic mass is 16.5. The number of benzene rings is 1. The molecule has 3 N–H and O–H groups in total. The zero-order chi connectivity index (χ0) is 29.4. The van der Waals surface area contributed by atoms with Crippen molar-refractivity contribution in [1.29, 1.82) is 0 Å². The fraction of sp³-hybridized carbons (Fsp3) is 0.552. The molecule has 3 rings (SSSR count). The van der Waals surface area contributed by atoms with Crippen LogP contribution in [0, 0.1) is 11.8 Å². The number of furan rings is 1. The van der Waals surface area contributed by atoms with Crippen molar-refractivity contribution in [3.8, 4) is 0 Å². The van der Waals surface area contributed by atoms with Crippen LogP contribution in [-0.4, -0.2) is 72.8 Å². The van der Waals surface area contributed by atoms with Crippen LogP contribution in [0.15, 0.2) is 34.7 Å². The van der Waals surface area contributed by atoms with E-state index in [9.17, 15) is 24.0 Å². The summed E-state index contributed by atoms with van der Waals surface area (Å²) in [5.74, 6) is -1.55. The number of rotatable bonds is 10. The van der Waals surface area contributed by atoms with Crippen LogP contribution in [0.1, 0.15) is 63.9 Å². The van der Waals surface area contributed by atoms with E-state index in [1.807, 2.05) is 39.8 Å². The maximum atomic E-state index is 13.3. The lowest BCUT2D eigenvalue weighted by molar-refractivity contribution is -0.143. The molecule has 1 saturated heterocycles. The van der Waals surface area contributed by atoms with E-state index in [0.717, 1.165) is 5.39 Å². The van der Waals surface area contributed by atoms with Gasteiger partial charge >= 0.3 is 12.0 Å². The molecule has 0 unspecified atom stereocenters. The number of nitrogens with one attached hydrogen (secondary N) is 3. The molecule has 3 atom stereocenters. The van der Waals surface area contributed by atoms with Crippen molar-refractivity contribution >= 4 is 40.6 Å². The first kappa shape index (κ1) is 30.6. The number of carbonyl (C=O) groups is 5. The number of amides is 4. The topological polar surface area (TPSA) is 147 Å². The molecule has 1 aromatic carbocycles.